The summed E-state index contributed by atoms with van der Waals surface area (Å²) in [5.74, 6) is 0.852. The van der Waals surface area contributed by atoms with Crippen LogP contribution in [0.3, 0.4) is 0 Å². The third-order valence-electron chi connectivity index (χ3n) is 8.01. The molecule has 3 saturated carbocycles. The van der Waals surface area contributed by atoms with Crippen molar-refractivity contribution >= 4 is 15.9 Å². The molecule has 0 unspecified atom stereocenters. The molecule has 1 heterocycles. The maximum atomic E-state index is 13.4. The van der Waals surface area contributed by atoms with Crippen molar-refractivity contribution < 1.29 is 13.2 Å². The fourth-order valence-corrected chi connectivity index (χ4v) is 6.61. The van der Waals surface area contributed by atoms with E-state index in [4.69, 9.17) is 0 Å². The molecular formula is C25H28N2O3S. The molecule has 1 saturated heterocycles. The van der Waals surface area contributed by atoms with Crippen LogP contribution < -0.4 is 4.72 Å². The largest absolute Gasteiger partial charge is 0.337 e. The van der Waals surface area contributed by atoms with Gasteiger partial charge in [-0.05, 0) is 54.7 Å². The Bertz CT molecular complexity index is 1150. The number of fused-ring (bicyclic) bond motifs is 1. The van der Waals surface area contributed by atoms with Crippen LogP contribution in [-0.4, -0.2) is 44.1 Å². The van der Waals surface area contributed by atoms with Gasteiger partial charge in [0.2, 0.25) is 15.9 Å². The summed E-state index contributed by atoms with van der Waals surface area (Å²) < 4.78 is 27.4. The number of amides is 1. The van der Waals surface area contributed by atoms with E-state index in [1.54, 1.807) is 0 Å². The highest BCUT2D eigenvalue weighted by Crippen LogP contribution is 2.76. The minimum atomic E-state index is -3.36. The van der Waals surface area contributed by atoms with Crippen molar-refractivity contribution in [1.29, 1.82) is 0 Å². The first-order valence-electron chi connectivity index (χ1n) is 11.2. The molecule has 6 heteroatoms. The number of benzene rings is 2. The van der Waals surface area contributed by atoms with Crippen LogP contribution in [0.15, 0.2) is 54.6 Å². The Hall–Kier alpha value is -2.18. The summed E-state index contributed by atoms with van der Waals surface area (Å²) in [5, 5.41) is 0. The van der Waals surface area contributed by atoms with Crippen LogP contribution >= 0.6 is 0 Å². The number of nitrogens with zero attached hydrogens (tertiary/aromatic N) is 1. The summed E-state index contributed by atoms with van der Waals surface area (Å²) in [5.41, 5.74) is 3.26. The lowest BCUT2D eigenvalue weighted by Gasteiger charge is -2.30. The van der Waals surface area contributed by atoms with Gasteiger partial charge in [0.1, 0.15) is 0 Å². The number of likely N-dealkylation sites (tertiary alicyclic amines) is 1. The predicted molar refractivity (Wildman–Crippen MR) is 120 cm³/mol. The molecule has 1 aliphatic heterocycles. The maximum absolute atomic E-state index is 13.4. The Balaban J connectivity index is 1.33. The standard InChI is InChI=1S/C25H28N2O3S/c1-31(29,30)26-22-21(13-17-6-5-9-19(12-17)18-7-3-2-4-8-18)27(16-24(22)10-11-24)23(28)25-14-20(25)15-25/h2-9,12,20-22,26H,10-11,13-16H2,1H3/t20?,21-,22+,25?/m0/s1. The Morgan fingerprint density at radius 3 is 2.35 bits per heavy atom. The van der Waals surface area contributed by atoms with Gasteiger partial charge in [0.25, 0.3) is 0 Å². The average Bonchev–Trinajstić information content (AvgIpc) is 3.63. The van der Waals surface area contributed by atoms with Crippen LogP contribution in [0.5, 0.6) is 0 Å². The molecule has 1 amide bonds. The maximum Gasteiger partial charge on any atom is 0.229 e. The summed E-state index contributed by atoms with van der Waals surface area (Å²) in [6, 6.07) is 18.4. The lowest BCUT2D eigenvalue weighted by molar-refractivity contribution is -0.135. The molecule has 1 spiro atoms. The predicted octanol–water partition coefficient (Wildman–Crippen LogP) is 3.21. The van der Waals surface area contributed by atoms with Crippen LogP contribution in [0.1, 0.15) is 31.2 Å². The van der Waals surface area contributed by atoms with Gasteiger partial charge in [0, 0.05) is 18.0 Å². The lowest BCUT2D eigenvalue weighted by Crippen LogP contribution is -2.50. The molecule has 31 heavy (non-hydrogen) atoms. The molecule has 6 rings (SSSR count). The molecule has 1 N–H and O–H groups in total. The third kappa shape index (κ3) is 3.31. The summed E-state index contributed by atoms with van der Waals surface area (Å²) in [7, 11) is -3.36. The highest BCUT2D eigenvalue weighted by molar-refractivity contribution is 7.88. The van der Waals surface area contributed by atoms with Crippen molar-refractivity contribution in [2.45, 2.75) is 44.2 Å². The van der Waals surface area contributed by atoms with Gasteiger partial charge in [0.05, 0.1) is 17.7 Å². The normalized spacial score (nSPS) is 32.0. The van der Waals surface area contributed by atoms with Crippen molar-refractivity contribution in [3.63, 3.8) is 0 Å². The van der Waals surface area contributed by atoms with E-state index < -0.39 is 10.0 Å². The van der Waals surface area contributed by atoms with Crippen molar-refractivity contribution in [3.8, 4) is 11.1 Å². The van der Waals surface area contributed by atoms with Crippen molar-refractivity contribution in [3.05, 3.63) is 60.2 Å². The summed E-state index contributed by atoms with van der Waals surface area (Å²) >= 11 is 0. The fraction of sp³-hybridized carbons (Fsp3) is 0.480. The molecule has 0 radical (unpaired) electrons. The Labute approximate surface area is 183 Å². The second-order valence-corrected chi connectivity index (χ2v) is 12.0. The fourth-order valence-electron chi connectivity index (χ4n) is 5.74. The molecule has 4 fully saturated rings. The highest BCUT2D eigenvalue weighted by Gasteiger charge is 2.77. The van der Waals surface area contributed by atoms with Crippen LogP contribution in [0.4, 0.5) is 0 Å². The van der Waals surface area contributed by atoms with Crippen LogP contribution in [0, 0.1) is 16.7 Å². The van der Waals surface area contributed by atoms with E-state index >= 15 is 0 Å². The van der Waals surface area contributed by atoms with Gasteiger partial charge in [-0.2, -0.15) is 0 Å². The van der Waals surface area contributed by atoms with Crippen LogP contribution in [0.25, 0.3) is 11.1 Å². The zero-order valence-corrected chi connectivity index (χ0v) is 18.6. The first kappa shape index (κ1) is 19.5. The van der Waals surface area contributed by atoms with Crippen molar-refractivity contribution in [2.24, 2.45) is 16.7 Å². The first-order chi connectivity index (χ1) is 14.8. The molecule has 3 aliphatic carbocycles. The molecule has 2 aromatic carbocycles. The molecule has 4 aliphatic rings. The number of carbonyl (C=O) groups excluding carboxylic acids is 1. The third-order valence-corrected chi connectivity index (χ3v) is 8.69. The molecular weight excluding hydrogens is 408 g/mol. The number of sulfonamides is 1. The van der Waals surface area contributed by atoms with Gasteiger partial charge in [-0.15, -0.1) is 0 Å². The van der Waals surface area contributed by atoms with Crippen molar-refractivity contribution in [2.75, 3.05) is 12.8 Å². The Kier molecular flexibility index (Phi) is 4.04. The number of hydrogen-bond acceptors (Lipinski definition) is 3. The SMILES string of the molecule is CS(=O)(=O)N[C@@H]1[C@H](Cc2cccc(-c3ccccc3)c2)N(C(=O)C23CC2C3)CC12CC2. The van der Waals surface area contributed by atoms with Gasteiger partial charge in [0.15, 0.2) is 0 Å². The minimum absolute atomic E-state index is 0.0869. The number of carbonyl (C=O) groups is 1. The van der Waals surface area contributed by atoms with Crippen LogP contribution in [0.2, 0.25) is 0 Å². The van der Waals surface area contributed by atoms with E-state index in [0.717, 1.165) is 42.4 Å². The number of rotatable bonds is 6. The van der Waals surface area contributed by atoms with Crippen LogP contribution in [-0.2, 0) is 21.2 Å². The minimum Gasteiger partial charge on any atom is -0.337 e. The van der Waals surface area contributed by atoms with Gasteiger partial charge in [-0.3, -0.25) is 4.79 Å². The van der Waals surface area contributed by atoms with Gasteiger partial charge >= 0.3 is 0 Å². The van der Waals surface area contributed by atoms with E-state index in [0.29, 0.717) is 18.9 Å². The van der Waals surface area contributed by atoms with Gasteiger partial charge in [-0.25, -0.2) is 13.1 Å². The quantitative estimate of drug-likeness (QED) is 0.756. The summed E-state index contributed by atoms with van der Waals surface area (Å²) in [6.45, 7) is 0.691. The molecule has 5 nitrogen and oxygen atoms in total. The Morgan fingerprint density at radius 2 is 1.74 bits per heavy atom. The van der Waals surface area contributed by atoms with E-state index in [1.807, 2.05) is 18.2 Å². The molecule has 2 aromatic rings. The topological polar surface area (TPSA) is 66.5 Å². The number of nitrogens with one attached hydrogen (secondary N) is 1. The molecule has 0 bridgehead atoms. The average molecular weight is 437 g/mol. The second kappa shape index (κ2) is 6.42. The first-order valence-corrected chi connectivity index (χ1v) is 13.1. The van der Waals surface area contributed by atoms with E-state index in [1.165, 1.54) is 6.26 Å². The highest BCUT2D eigenvalue weighted by atomic mass is 32.2. The molecule has 2 atom stereocenters. The second-order valence-electron chi connectivity index (χ2n) is 10.3. The van der Waals surface area contributed by atoms with Gasteiger partial charge in [-0.1, -0.05) is 54.6 Å². The van der Waals surface area contributed by atoms with Gasteiger partial charge < -0.3 is 4.90 Å². The van der Waals surface area contributed by atoms with E-state index in [9.17, 15) is 13.2 Å². The summed E-state index contributed by atoms with van der Waals surface area (Å²) in [4.78, 5) is 15.5. The van der Waals surface area contributed by atoms with E-state index in [2.05, 4.69) is 46.0 Å². The zero-order chi connectivity index (χ0) is 21.4. The molecule has 162 valence electrons. The lowest BCUT2D eigenvalue weighted by atomic mass is 9.91. The Morgan fingerprint density at radius 1 is 1.06 bits per heavy atom. The van der Waals surface area contributed by atoms with E-state index in [-0.39, 0.29) is 28.8 Å². The zero-order valence-electron chi connectivity index (χ0n) is 17.8. The number of hydrogen-bond donors (Lipinski definition) is 1. The molecule has 0 aromatic heterocycles. The summed E-state index contributed by atoms with van der Waals surface area (Å²) in [6.07, 6.45) is 5.92. The smallest absolute Gasteiger partial charge is 0.229 e. The monoisotopic (exact) mass is 436 g/mol. The van der Waals surface area contributed by atoms with Crippen molar-refractivity contribution in [1.82, 2.24) is 9.62 Å².